The SMILES string of the molecule is NC(=O)CC=Cc1cc(N)c(F)cc1F. The number of hydrogen-bond donors (Lipinski definition) is 2. The Bertz CT molecular complexity index is 416. The molecular weight excluding hydrogens is 202 g/mol. The average Bonchev–Trinajstić information content (AvgIpc) is 2.13. The quantitative estimate of drug-likeness (QED) is 0.744. The van der Waals surface area contributed by atoms with Crippen molar-refractivity contribution in [1.29, 1.82) is 0 Å². The molecule has 0 saturated carbocycles. The molecule has 1 rings (SSSR count). The molecule has 0 unspecified atom stereocenters. The average molecular weight is 212 g/mol. The van der Waals surface area contributed by atoms with Crippen LogP contribution in [0.4, 0.5) is 14.5 Å². The molecule has 0 bridgehead atoms. The van der Waals surface area contributed by atoms with Gasteiger partial charge in [0.1, 0.15) is 11.6 Å². The van der Waals surface area contributed by atoms with Crippen LogP contribution in [0.1, 0.15) is 12.0 Å². The lowest BCUT2D eigenvalue weighted by Gasteiger charge is -2.00. The van der Waals surface area contributed by atoms with E-state index in [1.54, 1.807) is 0 Å². The summed E-state index contributed by atoms with van der Waals surface area (Å²) in [6.07, 6.45) is 2.71. The van der Waals surface area contributed by atoms with E-state index in [1.165, 1.54) is 12.2 Å². The molecule has 1 amide bonds. The molecule has 15 heavy (non-hydrogen) atoms. The molecular formula is C10H10F2N2O. The summed E-state index contributed by atoms with van der Waals surface area (Å²) in [7, 11) is 0. The minimum atomic E-state index is -0.806. The highest BCUT2D eigenvalue weighted by atomic mass is 19.1. The van der Waals surface area contributed by atoms with Crippen LogP contribution in [0, 0.1) is 11.6 Å². The molecule has 4 N–H and O–H groups in total. The molecule has 1 aromatic rings. The zero-order valence-electron chi connectivity index (χ0n) is 7.84. The number of nitrogen functional groups attached to an aromatic ring is 1. The largest absolute Gasteiger partial charge is 0.396 e. The second-order valence-electron chi connectivity index (χ2n) is 2.97. The molecule has 1 aromatic carbocycles. The monoisotopic (exact) mass is 212 g/mol. The van der Waals surface area contributed by atoms with Gasteiger partial charge < -0.3 is 11.5 Å². The van der Waals surface area contributed by atoms with Crippen molar-refractivity contribution in [2.45, 2.75) is 6.42 Å². The highest BCUT2D eigenvalue weighted by Crippen LogP contribution is 2.17. The molecule has 80 valence electrons. The van der Waals surface area contributed by atoms with E-state index in [-0.39, 0.29) is 17.7 Å². The van der Waals surface area contributed by atoms with Crippen molar-refractivity contribution in [3.63, 3.8) is 0 Å². The van der Waals surface area contributed by atoms with E-state index in [9.17, 15) is 13.6 Å². The molecule has 0 aliphatic heterocycles. The molecule has 0 saturated heterocycles. The van der Waals surface area contributed by atoms with Gasteiger partial charge in [-0.25, -0.2) is 8.78 Å². The second-order valence-corrected chi connectivity index (χ2v) is 2.97. The summed E-state index contributed by atoms with van der Waals surface area (Å²) in [5.74, 6) is -2.07. The standard InChI is InChI=1S/C10H10F2N2O/c11-7-5-8(12)9(13)4-6(7)2-1-3-10(14)15/h1-2,4-5H,3,13H2,(H2,14,15). The van der Waals surface area contributed by atoms with Crippen LogP contribution in [-0.4, -0.2) is 5.91 Å². The maximum absolute atomic E-state index is 13.1. The van der Waals surface area contributed by atoms with Crippen molar-refractivity contribution in [2.24, 2.45) is 5.73 Å². The van der Waals surface area contributed by atoms with Gasteiger partial charge in [0.15, 0.2) is 0 Å². The number of nitrogens with two attached hydrogens (primary N) is 2. The van der Waals surface area contributed by atoms with Crippen LogP contribution in [0.25, 0.3) is 6.08 Å². The van der Waals surface area contributed by atoms with Crippen molar-refractivity contribution in [3.8, 4) is 0 Å². The van der Waals surface area contributed by atoms with Gasteiger partial charge in [-0.3, -0.25) is 4.79 Å². The van der Waals surface area contributed by atoms with Gasteiger partial charge in [-0.05, 0) is 6.07 Å². The first-order valence-corrected chi connectivity index (χ1v) is 4.20. The Labute approximate surface area is 85.4 Å². The fourth-order valence-corrected chi connectivity index (χ4v) is 1.01. The number of halogens is 2. The predicted molar refractivity (Wildman–Crippen MR) is 53.6 cm³/mol. The Kier molecular flexibility index (Phi) is 3.38. The summed E-state index contributed by atoms with van der Waals surface area (Å²) in [4.78, 5) is 10.4. The smallest absolute Gasteiger partial charge is 0.221 e. The number of carbonyl (C=O) groups excluding carboxylic acids is 1. The summed E-state index contributed by atoms with van der Waals surface area (Å²) in [5, 5.41) is 0. The minimum Gasteiger partial charge on any atom is -0.396 e. The van der Waals surface area contributed by atoms with Gasteiger partial charge >= 0.3 is 0 Å². The third-order valence-electron chi connectivity index (χ3n) is 1.73. The maximum Gasteiger partial charge on any atom is 0.221 e. The van der Waals surface area contributed by atoms with Gasteiger partial charge in [0.25, 0.3) is 0 Å². The lowest BCUT2D eigenvalue weighted by Crippen LogP contribution is -2.07. The molecule has 0 fully saturated rings. The first kappa shape index (κ1) is 11.2. The van der Waals surface area contributed by atoms with Gasteiger partial charge in [0.05, 0.1) is 5.69 Å². The Morgan fingerprint density at radius 2 is 2.00 bits per heavy atom. The van der Waals surface area contributed by atoms with Crippen molar-refractivity contribution < 1.29 is 13.6 Å². The zero-order valence-corrected chi connectivity index (χ0v) is 7.84. The van der Waals surface area contributed by atoms with E-state index < -0.39 is 17.5 Å². The highest BCUT2D eigenvalue weighted by Gasteiger charge is 2.04. The maximum atomic E-state index is 13.1. The Morgan fingerprint density at radius 3 is 2.60 bits per heavy atom. The zero-order chi connectivity index (χ0) is 11.4. The van der Waals surface area contributed by atoms with E-state index >= 15 is 0 Å². The predicted octanol–water partition coefficient (Wildman–Crippen LogP) is 1.44. The number of rotatable bonds is 3. The molecule has 0 heterocycles. The number of primary amides is 1. The van der Waals surface area contributed by atoms with Gasteiger partial charge in [-0.2, -0.15) is 0 Å². The first-order valence-electron chi connectivity index (χ1n) is 4.20. The molecule has 0 spiro atoms. The molecule has 0 aliphatic carbocycles. The van der Waals surface area contributed by atoms with E-state index in [1.807, 2.05) is 0 Å². The molecule has 5 heteroatoms. The third kappa shape index (κ3) is 3.05. The lowest BCUT2D eigenvalue weighted by atomic mass is 10.1. The fourth-order valence-electron chi connectivity index (χ4n) is 1.01. The molecule has 0 atom stereocenters. The van der Waals surface area contributed by atoms with Gasteiger partial charge in [0.2, 0.25) is 5.91 Å². The first-order chi connectivity index (χ1) is 7.00. The minimum absolute atomic E-state index is 0.00325. The number of amides is 1. The summed E-state index contributed by atoms with van der Waals surface area (Å²) < 4.78 is 25.8. The summed E-state index contributed by atoms with van der Waals surface area (Å²) in [6, 6.07) is 1.85. The van der Waals surface area contributed by atoms with Crippen molar-refractivity contribution >= 4 is 17.7 Å². The molecule has 0 radical (unpaired) electrons. The van der Waals surface area contributed by atoms with Crippen LogP contribution in [0.15, 0.2) is 18.2 Å². The second kappa shape index (κ2) is 4.54. The van der Waals surface area contributed by atoms with Crippen LogP contribution < -0.4 is 11.5 Å². The lowest BCUT2D eigenvalue weighted by molar-refractivity contribution is -0.117. The normalized spacial score (nSPS) is 10.8. The van der Waals surface area contributed by atoms with E-state index in [0.29, 0.717) is 6.07 Å². The van der Waals surface area contributed by atoms with E-state index in [0.717, 1.165) is 6.07 Å². The van der Waals surface area contributed by atoms with Gasteiger partial charge in [0, 0.05) is 18.1 Å². The summed E-state index contributed by atoms with van der Waals surface area (Å²) >= 11 is 0. The van der Waals surface area contributed by atoms with Crippen LogP contribution in [-0.2, 0) is 4.79 Å². The number of anilines is 1. The fraction of sp³-hybridized carbons (Fsp3) is 0.100. The number of benzene rings is 1. The third-order valence-corrected chi connectivity index (χ3v) is 1.73. The van der Waals surface area contributed by atoms with Gasteiger partial charge in [-0.1, -0.05) is 12.2 Å². The molecule has 0 aromatic heterocycles. The van der Waals surface area contributed by atoms with Crippen molar-refractivity contribution in [1.82, 2.24) is 0 Å². The van der Waals surface area contributed by atoms with Crippen molar-refractivity contribution in [2.75, 3.05) is 5.73 Å². The number of carbonyl (C=O) groups is 1. The topological polar surface area (TPSA) is 69.1 Å². The van der Waals surface area contributed by atoms with E-state index in [2.05, 4.69) is 0 Å². The van der Waals surface area contributed by atoms with Gasteiger partial charge in [-0.15, -0.1) is 0 Å². The highest BCUT2D eigenvalue weighted by molar-refractivity contribution is 5.76. The van der Waals surface area contributed by atoms with Crippen LogP contribution >= 0.6 is 0 Å². The Morgan fingerprint density at radius 1 is 1.33 bits per heavy atom. The van der Waals surface area contributed by atoms with Crippen molar-refractivity contribution in [3.05, 3.63) is 35.4 Å². The van der Waals surface area contributed by atoms with Crippen LogP contribution in [0.5, 0.6) is 0 Å². The molecule has 0 aliphatic rings. The Balaban J connectivity index is 2.90. The Hall–Kier alpha value is -1.91. The number of hydrogen-bond acceptors (Lipinski definition) is 2. The van der Waals surface area contributed by atoms with Crippen LogP contribution in [0.2, 0.25) is 0 Å². The summed E-state index contributed by atoms with van der Waals surface area (Å²) in [6.45, 7) is 0. The van der Waals surface area contributed by atoms with E-state index in [4.69, 9.17) is 11.5 Å². The molecule has 3 nitrogen and oxygen atoms in total. The van der Waals surface area contributed by atoms with Crippen LogP contribution in [0.3, 0.4) is 0 Å². The summed E-state index contributed by atoms with van der Waals surface area (Å²) in [5.41, 5.74) is 10.1.